The van der Waals surface area contributed by atoms with E-state index in [4.69, 9.17) is 0 Å². The zero-order valence-electron chi connectivity index (χ0n) is 8.52. The van der Waals surface area contributed by atoms with E-state index in [2.05, 4.69) is 4.74 Å². The Morgan fingerprint density at radius 1 is 1.29 bits per heavy atom. The predicted molar refractivity (Wildman–Crippen MR) is 48.1 cm³/mol. The zero-order valence-corrected chi connectivity index (χ0v) is 8.52. The third kappa shape index (κ3) is 3.15. The highest BCUT2D eigenvalue weighted by Gasteiger charge is 2.36. The highest BCUT2D eigenvalue weighted by molar-refractivity contribution is 5.98. The summed E-state index contributed by atoms with van der Waals surface area (Å²) in [4.78, 5) is 11.1. The molecule has 2 nitrogen and oxygen atoms in total. The molecular formula is C10H7F5O2. The summed E-state index contributed by atoms with van der Waals surface area (Å²) >= 11 is 0. The third-order valence-electron chi connectivity index (χ3n) is 1.90. The molecule has 1 aromatic carbocycles. The van der Waals surface area contributed by atoms with Gasteiger partial charge in [0, 0.05) is 0 Å². The fourth-order valence-corrected chi connectivity index (χ4v) is 1.32. The van der Waals surface area contributed by atoms with Gasteiger partial charge in [-0.25, -0.2) is 0 Å². The number of ketones is 1. The Balaban J connectivity index is 3.38. The van der Waals surface area contributed by atoms with E-state index in [1.54, 1.807) is 0 Å². The monoisotopic (exact) mass is 254 g/mol. The van der Waals surface area contributed by atoms with Gasteiger partial charge in [-0.15, -0.1) is 0 Å². The van der Waals surface area contributed by atoms with Crippen molar-refractivity contribution in [1.29, 1.82) is 0 Å². The van der Waals surface area contributed by atoms with Crippen molar-refractivity contribution < 1.29 is 31.5 Å². The summed E-state index contributed by atoms with van der Waals surface area (Å²) in [6, 6.07) is 2.42. The maximum absolute atomic E-state index is 12.5. The maximum atomic E-state index is 12.5. The van der Waals surface area contributed by atoms with Crippen LogP contribution >= 0.6 is 0 Å². The highest BCUT2D eigenvalue weighted by atomic mass is 19.4. The van der Waals surface area contributed by atoms with Crippen molar-refractivity contribution in [2.45, 2.75) is 19.7 Å². The van der Waals surface area contributed by atoms with Crippen molar-refractivity contribution in [3.8, 4) is 5.75 Å². The number of rotatable bonds is 3. The molecule has 7 heteroatoms. The van der Waals surface area contributed by atoms with E-state index in [9.17, 15) is 26.7 Å². The lowest BCUT2D eigenvalue weighted by atomic mass is 10.0. The van der Waals surface area contributed by atoms with Crippen molar-refractivity contribution in [2.75, 3.05) is 0 Å². The second kappa shape index (κ2) is 4.68. The second-order valence-electron chi connectivity index (χ2n) is 3.11. The van der Waals surface area contributed by atoms with Gasteiger partial charge in [0.15, 0.2) is 5.78 Å². The first-order valence-electron chi connectivity index (χ1n) is 4.39. The largest absolute Gasteiger partial charge is 0.434 e. The van der Waals surface area contributed by atoms with E-state index < -0.39 is 35.4 Å². The van der Waals surface area contributed by atoms with Crippen LogP contribution in [0.15, 0.2) is 18.2 Å². The molecule has 1 aromatic rings. The predicted octanol–water partition coefficient (Wildman–Crippen LogP) is 3.51. The summed E-state index contributed by atoms with van der Waals surface area (Å²) < 4.78 is 65.4. The number of Topliss-reactive ketones (excluding diaryl/α,β-unsaturated/α-hetero) is 1. The Morgan fingerprint density at radius 3 is 2.29 bits per heavy atom. The Bertz CT molecular complexity index is 425. The molecule has 94 valence electrons. The molecule has 0 amide bonds. The fraction of sp³-hybridized carbons (Fsp3) is 0.300. The number of halogens is 5. The van der Waals surface area contributed by atoms with Gasteiger partial charge in [0.1, 0.15) is 5.75 Å². The summed E-state index contributed by atoms with van der Waals surface area (Å²) in [5.41, 5.74) is -2.18. The number of hydrogen-bond donors (Lipinski definition) is 0. The van der Waals surface area contributed by atoms with E-state index in [0.717, 1.165) is 19.1 Å². The van der Waals surface area contributed by atoms with Crippen molar-refractivity contribution in [3.63, 3.8) is 0 Å². The average molecular weight is 254 g/mol. The molecule has 1 rings (SSSR count). The number of benzene rings is 1. The van der Waals surface area contributed by atoms with Gasteiger partial charge in [-0.2, -0.15) is 22.0 Å². The summed E-state index contributed by atoms with van der Waals surface area (Å²) in [6.07, 6.45) is -4.80. The van der Waals surface area contributed by atoms with Crippen LogP contribution in [-0.4, -0.2) is 12.4 Å². The normalized spacial score (nSPS) is 11.7. The Morgan fingerprint density at radius 2 is 1.88 bits per heavy atom. The zero-order chi connectivity index (χ0) is 13.2. The molecule has 0 N–H and O–H groups in total. The number of hydrogen-bond acceptors (Lipinski definition) is 2. The molecule has 0 bridgehead atoms. The van der Waals surface area contributed by atoms with Crippen LogP contribution in [0, 0.1) is 0 Å². The minimum Gasteiger partial charge on any atom is -0.434 e. The molecule has 0 aliphatic heterocycles. The molecule has 0 atom stereocenters. The first kappa shape index (κ1) is 13.4. The Labute approximate surface area is 93.0 Å². The van der Waals surface area contributed by atoms with E-state index in [0.29, 0.717) is 6.07 Å². The molecule has 0 radical (unpaired) electrons. The molecule has 0 saturated carbocycles. The van der Waals surface area contributed by atoms with Crippen LogP contribution in [0.4, 0.5) is 22.0 Å². The maximum Gasteiger partial charge on any atom is 0.417 e. The van der Waals surface area contributed by atoms with Crippen molar-refractivity contribution in [1.82, 2.24) is 0 Å². The van der Waals surface area contributed by atoms with Crippen LogP contribution in [0.3, 0.4) is 0 Å². The van der Waals surface area contributed by atoms with Crippen LogP contribution < -0.4 is 4.74 Å². The number of ether oxygens (including phenoxy) is 1. The Kier molecular flexibility index (Phi) is 3.69. The highest BCUT2D eigenvalue weighted by Crippen LogP contribution is 2.36. The minimum atomic E-state index is -4.80. The van der Waals surface area contributed by atoms with Gasteiger partial charge in [0.2, 0.25) is 0 Å². The van der Waals surface area contributed by atoms with Crippen molar-refractivity contribution >= 4 is 5.78 Å². The lowest BCUT2D eigenvalue weighted by molar-refractivity contribution is -0.138. The fourth-order valence-electron chi connectivity index (χ4n) is 1.32. The molecule has 0 unspecified atom stereocenters. The number of carbonyl (C=O) groups is 1. The second-order valence-corrected chi connectivity index (χ2v) is 3.11. The van der Waals surface area contributed by atoms with Gasteiger partial charge in [-0.3, -0.25) is 4.79 Å². The van der Waals surface area contributed by atoms with E-state index in [-0.39, 0.29) is 0 Å². The average Bonchev–Trinajstić information content (AvgIpc) is 2.14. The summed E-state index contributed by atoms with van der Waals surface area (Å²) in [7, 11) is 0. The Hall–Kier alpha value is -1.66. The first-order valence-corrected chi connectivity index (χ1v) is 4.39. The van der Waals surface area contributed by atoms with Crippen molar-refractivity contribution in [3.05, 3.63) is 29.3 Å². The molecule has 0 aromatic heterocycles. The van der Waals surface area contributed by atoms with Crippen LogP contribution in [-0.2, 0) is 6.18 Å². The van der Waals surface area contributed by atoms with Gasteiger partial charge in [0.25, 0.3) is 0 Å². The van der Waals surface area contributed by atoms with Crippen LogP contribution in [0.5, 0.6) is 5.75 Å². The molecule has 0 spiro atoms. The van der Waals surface area contributed by atoms with Crippen LogP contribution in [0.1, 0.15) is 22.8 Å². The van der Waals surface area contributed by atoms with E-state index in [1.807, 2.05) is 0 Å². The molecule has 0 fully saturated rings. The van der Waals surface area contributed by atoms with Crippen LogP contribution in [0.25, 0.3) is 0 Å². The molecule has 0 aliphatic rings. The van der Waals surface area contributed by atoms with E-state index in [1.165, 1.54) is 0 Å². The summed E-state index contributed by atoms with van der Waals surface area (Å²) in [5, 5.41) is 0. The minimum absolute atomic E-state index is 0.634. The SMILES string of the molecule is CC(=O)c1c(OC(F)F)cccc1C(F)(F)F. The van der Waals surface area contributed by atoms with Gasteiger partial charge < -0.3 is 4.74 Å². The van der Waals surface area contributed by atoms with Gasteiger partial charge >= 0.3 is 12.8 Å². The molecule has 0 saturated heterocycles. The van der Waals surface area contributed by atoms with Crippen LogP contribution in [0.2, 0.25) is 0 Å². The molecule has 17 heavy (non-hydrogen) atoms. The molecular weight excluding hydrogens is 247 g/mol. The number of carbonyl (C=O) groups excluding carboxylic acids is 1. The third-order valence-corrected chi connectivity index (χ3v) is 1.90. The summed E-state index contributed by atoms with van der Waals surface area (Å²) in [6.45, 7) is -2.44. The molecule has 0 aliphatic carbocycles. The lowest BCUT2D eigenvalue weighted by Crippen LogP contribution is -2.14. The first-order chi connectivity index (χ1) is 7.73. The quantitative estimate of drug-likeness (QED) is 0.609. The number of alkyl halides is 5. The molecule has 0 heterocycles. The van der Waals surface area contributed by atoms with E-state index >= 15 is 0 Å². The van der Waals surface area contributed by atoms with Gasteiger partial charge in [0.05, 0.1) is 11.1 Å². The topological polar surface area (TPSA) is 26.3 Å². The lowest BCUT2D eigenvalue weighted by Gasteiger charge is -2.14. The standard InChI is InChI=1S/C10H7F5O2/c1-5(16)8-6(10(13,14)15)3-2-4-7(8)17-9(11)12/h2-4,9H,1H3. The smallest absolute Gasteiger partial charge is 0.417 e. The van der Waals surface area contributed by atoms with Crippen molar-refractivity contribution in [2.24, 2.45) is 0 Å². The van der Waals surface area contributed by atoms with Gasteiger partial charge in [-0.05, 0) is 19.1 Å². The summed E-state index contributed by atoms with van der Waals surface area (Å²) in [5.74, 6) is -1.77. The van der Waals surface area contributed by atoms with Gasteiger partial charge in [-0.1, -0.05) is 6.07 Å².